The first-order chi connectivity index (χ1) is 12.9. The van der Waals surface area contributed by atoms with E-state index < -0.39 is 17.6 Å². The summed E-state index contributed by atoms with van der Waals surface area (Å²) in [7, 11) is 0. The van der Waals surface area contributed by atoms with Crippen LogP contribution in [-0.4, -0.2) is 53.4 Å². The zero-order chi connectivity index (χ0) is 19.4. The molecule has 0 aliphatic carbocycles. The van der Waals surface area contributed by atoms with Crippen LogP contribution in [0.15, 0.2) is 36.7 Å². The van der Waals surface area contributed by atoms with Gasteiger partial charge >= 0.3 is 6.18 Å². The molecule has 3 rings (SSSR count). The monoisotopic (exact) mass is 379 g/mol. The van der Waals surface area contributed by atoms with Gasteiger partial charge in [0.1, 0.15) is 17.8 Å². The van der Waals surface area contributed by atoms with Crippen molar-refractivity contribution in [1.82, 2.24) is 14.9 Å². The van der Waals surface area contributed by atoms with Crippen molar-refractivity contribution >= 4 is 23.8 Å². The van der Waals surface area contributed by atoms with Gasteiger partial charge in [0.05, 0.1) is 5.56 Å². The molecule has 1 saturated heterocycles. The Morgan fingerprint density at radius 3 is 2.33 bits per heavy atom. The highest BCUT2D eigenvalue weighted by Crippen LogP contribution is 2.29. The maximum absolute atomic E-state index is 12.6. The lowest BCUT2D eigenvalue weighted by Gasteiger charge is -2.33. The molecule has 1 aromatic carbocycles. The molecular formula is C17H16F3N5O2. The number of alkyl halides is 3. The fourth-order valence-electron chi connectivity index (χ4n) is 2.64. The molecule has 2 aromatic rings. The van der Waals surface area contributed by atoms with Crippen molar-refractivity contribution in [3.63, 3.8) is 0 Å². The van der Waals surface area contributed by atoms with Gasteiger partial charge in [0.15, 0.2) is 0 Å². The van der Waals surface area contributed by atoms with Gasteiger partial charge in [0, 0.05) is 37.9 Å². The zero-order valence-electron chi connectivity index (χ0n) is 14.1. The van der Waals surface area contributed by atoms with Crippen LogP contribution in [0.3, 0.4) is 0 Å². The lowest BCUT2D eigenvalue weighted by atomic mass is 10.2. The molecule has 0 radical (unpaired) electrons. The van der Waals surface area contributed by atoms with Crippen LogP contribution in [0, 0.1) is 0 Å². The molecule has 27 heavy (non-hydrogen) atoms. The maximum Gasteiger partial charge on any atom is 0.416 e. The number of carbonyl (C=O) groups is 2. The number of amides is 2. The van der Waals surface area contributed by atoms with Gasteiger partial charge in [-0.05, 0) is 24.3 Å². The van der Waals surface area contributed by atoms with Gasteiger partial charge in [-0.1, -0.05) is 0 Å². The van der Waals surface area contributed by atoms with Gasteiger partial charge in [-0.25, -0.2) is 9.97 Å². The van der Waals surface area contributed by atoms with Crippen LogP contribution in [0.25, 0.3) is 0 Å². The van der Waals surface area contributed by atoms with E-state index in [0.29, 0.717) is 32.0 Å². The quantitative estimate of drug-likeness (QED) is 0.823. The zero-order valence-corrected chi connectivity index (χ0v) is 14.1. The van der Waals surface area contributed by atoms with Crippen LogP contribution < -0.4 is 10.2 Å². The molecule has 0 atom stereocenters. The first kappa shape index (κ1) is 18.6. The summed E-state index contributed by atoms with van der Waals surface area (Å²) >= 11 is 0. The Hall–Kier alpha value is -3.17. The molecule has 0 unspecified atom stereocenters. The average Bonchev–Trinajstić information content (AvgIpc) is 2.68. The number of hydrogen-bond acceptors (Lipinski definition) is 5. The van der Waals surface area contributed by atoms with Crippen molar-refractivity contribution in [2.24, 2.45) is 0 Å². The number of anilines is 2. The van der Waals surface area contributed by atoms with Gasteiger partial charge < -0.3 is 15.1 Å². The standard InChI is InChI=1S/C17H16F3N5O2/c18-17(19,20)12-1-3-13(4-2-12)23-16(27)14-9-15(22-10-21-14)25-7-5-24(11-26)6-8-25/h1-4,9-11H,5-8H2,(H,23,27). The predicted molar refractivity (Wildman–Crippen MR) is 91.3 cm³/mol. The third-order valence-electron chi connectivity index (χ3n) is 4.14. The van der Waals surface area contributed by atoms with Crippen molar-refractivity contribution in [3.8, 4) is 0 Å². The van der Waals surface area contributed by atoms with Gasteiger partial charge in [0.25, 0.3) is 5.91 Å². The Morgan fingerprint density at radius 2 is 1.74 bits per heavy atom. The lowest BCUT2D eigenvalue weighted by molar-refractivity contribution is -0.137. The highest BCUT2D eigenvalue weighted by Gasteiger charge is 2.30. The summed E-state index contributed by atoms with van der Waals surface area (Å²) in [5, 5.41) is 2.51. The molecule has 1 aromatic heterocycles. The summed E-state index contributed by atoms with van der Waals surface area (Å²) in [5.74, 6) is -0.00180. The average molecular weight is 379 g/mol. The van der Waals surface area contributed by atoms with Crippen LogP contribution in [0.2, 0.25) is 0 Å². The number of benzene rings is 1. The van der Waals surface area contributed by atoms with Crippen molar-refractivity contribution in [2.75, 3.05) is 36.4 Å². The Bertz CT molecular complexity index is 818. The number of carbonyl (C=O) groups excluding carboxylic acids is 2. The second-order valence-electron chi connectivity index (χ2n) is 5.92. The minimum atomic E-state index is -4.43. The SMILES string of the molecule is O=CN1CCN(c2cc(C(=O)Nc3ccc(C(F)(F)F)cc3)ncn2)CC1. The van der Waals surface area contributed by atoms with E-state index in [1.807, 2.05) is 4.90 Å². The normalized spacial score (nSPS) is 14.8. The minimum absolute atomic E-state index is 0.0951. The molecule has 10 heteroatoms. The van der Waals surface area contributed by atoms with Crippen molar-refractivity contribution in [3.05, 3.63) is 47.9 Å². The molecule has 142 valence electrons. The molecule has 0 bridgehead atoms. The minimum Gasteiger partial charge on any atom is -0.353 e. The third-order valence-corrected chi connectivity index (χ3v) is 4.14. The molecule has 1 aliphatic heterocycles. The number of halogens is 3. The second-order valence-corrected chi connectivity index (χ2v) is 5.92. The van der Waals surface area contributed by atoms with E-state index in [2.05, 4.69) is 15.3 Å². The largest absolute Gasteiger partial charge is 0.416 e. The Morgan fingerprint density at radius 1 is 1.07 bits per heavy atom. The van der Waals surface area contributed by atoms with Gasteiger partial charge in [-0.15, -0.1) is 0 Å². The van der Waals surface area contributed by atoms with Crippen LogP contribution in [0.5, 0.6) is 0 Å². The van der Waals surface area contributed by atoms with E-state index in [1.165, 1.54) is 24.5 Å². The van der Waals surface area contributed by atoms with E-state index >= 15 is 0 Å². The topological polar surface area (TPSA) is 78.4 Å². The smallest absolute Gasteiger partial charge is 0.353 e. The van der Waals surface area contributed by atoms with Gasteiger partial charge in [-0.2, -0.15) is 13.2 Å². The highest BCUT2D eigenvalue weighted by molar-refractivity contribution is 6.03. The van der Waals surface area contributed by atoms with Crippen LogP contribution in [0.4, 0.5) is 24.7 Å². The molecular weight excluding hydrogens is 363 g/mol. The first-order valence-electron chi connectivity index (χ1n) is 8.12. The lowest BCUT2D eigenvalue weighted by Crippen LogP contribution is -2.46. The molecule has 1 aliphatic rings. The Labute approximate surface area is 152 Å². The first-order valence-corrected chi connectivity index (χ1v) is 8.12. The van der Waals surface area contributed by atoms with E-state index in [1.54, 1.807) is 4.90 Å². The molecule has 2 heterocycles. The van der Waals surface area contributed by atoms with E-state index in [4.69, 9.17) is 0 Å². The highest BCUT2D eigenvalue weighted by atomic mass is 19.4. The van der Waals surface area contributed by atoms with Crippen molar-refractivity contribution in [2.45, 2.75) is 6.18 Å². The fraction of sp³-hybridized carbons (Fsp3) is 0.294. The molecule has 7 nitrogen and oxygen atoms in total. The van der Waals surface area contributed by atoms with Crippen molar-refractivity contribution in [1.29, 1.82) is 0 Å². The van der Waals surface area contributed by atoms with Gasteiger partial charge in [0.2, 0.25) is 6.41 Å². The summed E-state index contributed by atoms with van der Waals surface area (Å²) in [6.45, 7) is 2.27. The molecule has 2 amide bonds. The van der Waals surface area contributed by atoms with E-state index in [-0.39, 0.29) is 11.4 Å². The molecule has 1 N–H and O–H groups in total. The molecule has 1 fully saturated rings. The van der Waals surface area contributed by atoms with E-state index in [0.717, 1.165) is 18.5 Å². The summed E-state index contributed by atoms with van der Waals surface area (Å²) in [5.41, 5.74) is -0.468. The number of rotatable bonds is 4. The summed E-state index contributed by atoms with van der Waals surface area (Å²) < 4.78 is 37.8. The molecule has 0 spiro atoms. The Kier molecular flexibility index (Phi) is 5.24. The number of nitrogens with zero attached hydrogens (tertiary/aromatic N) is 4. The second kappa shape index (κ2) is 7.60. The van der Waals surface area contributed by atoms with Crippen LogP contribution >= 0.6 is 0 Å². The fourth-order valence-corrected chi connectivity index (χ4v) is 2.64. The summed E-state index contributed by atoms with van der Waals surface area (Å²) in [6, 6.07) is 5.67. The number of hydrogen-bond donors (Lipinski definition) is 1. The van der Waals surface area contributed by atoms with Crippen LogP contribution in [0.1, 0.15) is 16.1 Å². The number of piperazine rings is 1. The predicted octanol–water partition coefficient (Wildman–Crippen LogP) is 2.03. The third kappa shape index (κ3) is 4.52. The van der Waals surface area contributed by atoms with E-state index in [9.17, 15) is 22.8 Å². The number of aromatic nitrogens is 2. The maximum atomic E-state index is 12.6. The van der Waals surface area contributed by atoms with Crippen LogP contribution in [-0.2, 0) is 11.0 Å². The van der Waals surface area contributed by atoms with Crippen molar-refractivity contribution < 1.29 is 22.8 Å². The summed E-state index contributed by atoms with van der Waals surface area (Å²) in [4.78, 5) is 34.7. The Balaban J connectivity index is 1.68. The summed E-state index contributed by atoms with van der Waals surface area (Å²) in [6.07, 6.45) is -2.39. The molecule has 0 saturated carbocycles. The van der Waals surface area contributed by atoms with Gasteiger partial charge in [-0.3, -0.25) is 9.59 Å². The number of nitrogens with one attached hydrogen (secondary N) is 1.